The molecule has 12 nitrogen and oxygen atoms in total. The predicted octanol–water partition coefficient (Wildman–Crippen LogP) is 7.12. The maximum absolute atomic E-state index is 14.8. The zero-order chi connectivity index (χ0) is 44.1. The number of benzene rings is 4. The van der Waals surface area contributed by atoms with Gasteiger partial charge in [-0.15, -0.1) is 0 Å². The molecule has 1 saturated heterocycles. The lowest BCUT2D eigenvalue weighted by Crippen LogP contribution is -2.67. The normalized spacial score (nSPS) is 18.6. The molecule has 13 heteroatoms. The van der Waals surface area contributed by atoms with Crippen molar-refractivity contribution in [1.29, 1.82) is 0 Å². The van der Waals surface area contributed by atoms with E-state index >= 15 is 0 Å². The van der Waals surface area contributed by atoms with E-state index in [1.54, 1.807) is 6.92 Å². The highest BCUT2D eigenvalue weighted by atomic mass is 32.2. The number of nitrogens with one attached hydrogen (secondary N) is 2. The molecule has 6 rings (SSSR count). The standard InChI is InChI=1S/C48H62N6O6S/c1-32-33(2)43(34(3)38-28-48(7,8)59-42(32)38)61(57,58)52-45(49)50-26-18-25-40-44(55)53(29-36-21-14-10-15-22-36)31-41(54(40)30-37-23-16-11-17-24-37)39(27-35-19-12-9-13-20-35)51-46(56)60-47(4,5)6/h9-17,19-24,39-41H,18,25-31H2,1-8H3,(H,51,56)(H3,49,50,52)/t39-,40-,41-/m0/s1. The summed E-state index contributed by atoms with van der Waals surface area (Å²) in [5.41, 5.74) is 11.1. The van der Waals surface area contributed by atoms with Crippen LogP contribution in [0.15, 0.2) is 101 Å². The number of nitrogens with two attached hydrogens (primary N) is 1. The third-order valence-corrected chi connectivity index (χ3v) is 13.1. The first-order valence-electron chi connectivity index (χ1n) is 21.1. The van der Waals surface area contributed by atoms with Gasteiger partial charge in [0.1, 0.15) is 17.0 Å². The van der Waals surface area contributed by atoms with E-state index in [0.717, 1.165) is 33.6 Å². The molecule has 0 saturated carbocycles. The number of aliphatic imine (C=N–C) groups is 1. The Bertz CT molecular complexity index is 2310. The molecule has 2 amide bonds. The number of guanidine groups is 1. The lowest BCUT2D eigenvalue weighted by Gasteiger charge is -2.49. The first-order chi connectivity index (χ1) is 28.8. The minimum atomic E-state index is -4.09. The van der Waals surface area contributed by atoms with E-state index in [4.69, 9.17) is 15.2 Å². The predicted molar refractivity (Wildman–Crippen MR) is 240 cm³/mol. The van der Waals surface area contributed by atoms with Crippen LogP contribution in [0.3, 0.4) is 0 Å². The number of alkyl carbamates (subject to hydrolysis) is 1. The Balaban J connectivity index is 1.29. The van der Waals surface area contributed by atoms with Crippen LogP contribution in [0.4, 0.5) is 4.79 Å². The van der Waals surface area contributed by atoms with Gasteiger partial charge in [-0.25, -0.2) is 17.9 Å². The molecule has 0 radical (unpaired) electrons. The lowest BCUT2D eigenvalue weighted by molar-refractivity contribution is -0.148. The highest BCUT2D eigenvalue weighted by molar-refractivity contribution is 7.90. The fourth-order valence-corrected chi connectivity index (χ4v) is 10.1. The molecular formula is C48H62N6O6S. The summed E-state index contributed by atoms with van der Waals surface area (Å²) < 4.78 is 42.3. The minimum Gasteiger partial charge on any atom is -0.487 e. The summed E-state index contributed by atoms with van der Waals surface area (Å²) in [5.74, 6) is 0.489. The van der Waals surface area contributed by atoms with Gasteiger partial charge in [0, 0.05) is 44.2 Å². The maximum Gasteiger partial charge on any atom is 0.407 e. The second kappa shape index (κ2) is 18.7. The van der Waals surface area contributed by atoms with E-state index in [2.05, 4.69) is 19.9 Å². The van der Waals surface area contributed by atoms with E-state index < -0.39 is 39.4 Å². The molecule has 0 aliphatic carbocycles. The van der Waals surface area contributed by atoms with Crippen LogP contribution in [-0.2, 0) is 45.5 Å². The van der Waals surface area contributed by atoms with Crippen molar-refractivity contribution >= 4 is 28.0 Å². The van der Waals surface area contributed by atoms with Gasteiger partial charge in [0.15, 0.2) is 0 Å². The first kappa shape index (κ1) is 45.1. The topological polar surface area (TPSA) is 156 Å². The zero-order valence-corrected chi connectivity index (χ0v) is 37.6. The summed E-state index contributed by atoms with van der Waals surface area (Å²) in [6, 6.07) is 28.5. The molecule has 0 spiro atoms. The fourth-order valence-electron chi connectivity index (χ4n) is 8.58. The van der Waals surface area contributed by atoms with Gasteiger partial charge in [0.2, 0.25) is 11.9 Å². The number of rotatable bonds is 14. The quantitative estimate of drug-likeness (QED) is 0.0689. The summed E-state index contributed by atoms with van der Waals surface area (Å²) >= 11 is 0. The van der Waals surface area contributed by atoms with Crippen molar-refractivity contribution < 1.29 is 27.5 Å². The number of carbonyl (C=O) groups is 2. The summed E-state index contributed by atoms with van der Waals surface area (Å²) in [5, 5.41) is 3.22. The van der Waals surface area contributed by atoms with Gasteiger partial charge in [-0.1, -0.05) is 91.0 Å². The van der Waals surface area contributed by atoms with Gasteiger partial charge in [-0.3, -0.25) is 14.7 Å². The average molecular weight is 851 g/mol. The molecule has 2 aliphatic rings. The number of ether oxygens (including phenoxy) is 2. The van der Waals surface area contributed by atoms with Crippen molar-refractivity contribution in [3.8, 4) is 5.75 Å². The van der Waals surface area contributed by atoms with Crippen LogP contribution in [0.25, 0.3) is 0 Å². The van der Waals surface area contributed by atoms with Crippen LogP contribution in [0.1, 0.15) is 86.4 Å². The number of hydrogen-bond acceptors (Lipinski definition) is 8. The van der Waals surface area contributed by atoms with Crippen molar-refractivity contribution in [3.05, 3.63) is 130 Å². The minimum absolute atomic E-state index is 0.0329. The number of hydrogen-bond donors (Lipinski definition) is 3. The van der Waals surface area contributed by atoms with Crippen LogP contribution in [0, 0.1) is 20.8 Å². The molecular weight excluding hydrogens is 789 g/mol. The molecule has 0 aromatic heterocycles. The number of carbonyl (C=O) groups excluding carboxylic acids is 2. The molecule has 2 aliphatic heterocycles. The van der Waals surface area contributed by atoms with Gasteiger partial charge in [0.05, 0.1) is 17.0 Å². The van der Waals surface area contributed by atoms with Crippen molar-refractivity contribution in [2.75, 3.05) is 13.1 Å². The second-order valence-corrected chi connectivity index (χ2v) is 19.6. The molecule has 0 bridgehead atoms. The van der Waals surface area contributed by atoms with Crippen LogP contribution in [0.5, 0.6) is 5.75 Å². The SMILES string of the molecule is Cc1c(C)c(S(=O)(=O)NC(N)=NCCC[C@H]2C(=O)N(Cc3ccccc3)C[C@@H]([C@H](Cc3ccccc3)NC(=O)OC(C)(C)C)N2Cc2ccccc2)c(C)c2c1OC(C)(C)C2. The Morgan fingerprint density at radius 2 is 1.48 bits per heavy atom. The Morgan fingerprint density at radius 3 is 2.07 bits per heavy atom. The summed E-state index contributed by atoms with van der Waals surface area (Å²) in [7, 11) is -4.09. The number of fused-ring (bicyclic) bond motifs is 1. The molecule has 2 heterocycles. The zero-order valence-electron chi connectivity index (χ0n) is 36.8. The molecule has 61 heavy (non-hydrogen) atoms. The largest absolute Gasteiger partial charge is 0.487 e. The van der Waals surface area contributed by atoms with E-state index in [1.165, 1.54) is 0 Å². The maximum atomic E-state index is 14.8. The number of nitrogens with zero attached hydrogens (tertiary/aromatic N) is 3. The van der Waals surface area contributed by atoms with Crippen LogP contribution < -0.4 is 20.5 Å². The van der Waals surface area contributed by atoms with Crippen molar-refractivity contribution in [2.24, 2.45) is 10.7 Å². The van der Waals surface area contributed by atoms with E-state index in [-0.39, 0.29) is 29.3 Å². The molecule has 1 fully saturated rings. The number of sulfonamides is 1. The smallest absolute Gasteiger partial charge is 0.407 e. The Kier molecular flexibility index (Phi) is 13.8. The molecule has 4 aromatic rings. The molecule has 4 aromatic carbocycles. The van der Waals surface area contributed by atoms with Crippen molar-refractivity contribution in [1.82, 2.24) is 19.8 Å². The monoisotopic (exact) mass is 850 g/mol. The van der Waals surface area contributed by atoms with E-state index in [0.29, 0.717) is 56.4 Å². The van der Waals surface area contributed by atoms with E-state index in [9.17, 15) is 18.0 Å². The van der Waals surface area contributed by atoms with Crippen molar-refractivity contribution in [3.63, 3.8) is 0 Å². The Morgan fingerprint density at radius 1 is 0.902 bits per heavy atom. The van der Waals surface area contributed by atoms with Gasteiger partial charge in [0.25, 0.3) is 10.0 Å². The Hall–Kier alpha value is -5.40. The molecule has 326 valence electrons. The Labute approximate surface area is 362 Å². The summed E-state index contributed by atoms with van der Waals surface area (Å²) in [4.78, 5) is 37.1. The number of piperazine rings is 1. The van der Waals surface area contributed by atoms with E-state index in [1.807, 2.05) is 144 Å². The van der Waals surface area contributed by atoms with Crippen molar-refractivity contribution in [2.45, 2.75) is 128 Å². The highest BCUT2D eigenvalue weighted by Gasteiger charge is 2.44. The molecule has 3 atom stereocenters. The second-order valence-electron chi connectivity index (χ2n) is 18.0. The molecule has 4 N–H and O–H groups in total. The van der Waals surface area contributed by atoms with Crippen LogP contribution >= 0.6 is 0 Å². The average Bonchev–Trinajstić information content (AvgIpc) is 3.53. The third kappa shape index (κ3) is 11.3. The molecule has 0 unspecified atom stereocenters. The van der Waals surface area contributed by atoms with Crippen LogP contribution in [0.2, 0.25) is 0 Å². The van der Waals surface area contributed by atoms with Gasteiger partial charge >= 0.3 is 6.09 Å². The summed E-state index contributed by atoms with van der Waals surface area (Å²) in [6.07, 6.45) is 1.41. The van der Waals surface area contributed by atoms with Gasteiger partial charge in [-0.05, 0) is 108 Å². The summed E-state index contributed by atoms with van der Waals surface area (Å²) in [6.45, 7) is 16.3. The van der Waals surface area contributed by atoms with Crippen LogP contribution in [-0.4, -0.2) is 78.6 Å². The van der Waals surface area contributed by atoms with Gasteiger partial charge < -0.3 is 25.4 Å². The lowest BCUT2D eigenvalue weighted by atomic mass is 9.91. The fraction of sp³-hybridized carbons (Fsp3) is 0.438. The number of amides is 2. The van der Waals surface area contributed by atoms with Gasteiger partial charge in [-0.2, -0.15) is 0 Å². The first-order valence-corrected chi connectivity index (χ1v) is 22.6. The highest BCUT2D eigenvalue weighted by Crippen LogP contribution is 2.43. The third-order valence-electron chi connectivity index (χ3n) is 11.4.